The molecule has 0 aliphatic carbocycles. The molecule has 0 spiro atoms. The molecule has 3 rings (SSSR count). The SMILES string of the molecule is OC[C@H](O)CN1CCN(Cc2csc3ccccc23)CC1. The summed E-state index contributed by atoms with van der Waals surface area (Å²) < 4.78 is 1.36. The van der Waals surface area contributed by atoms with Crippen molar-refractivity contribution in [1.82, 2.24) is 9.80 Å². The maximum atomic E-state index is 9.50. The van der Waals surface area contributed by atoms with Crippen LogP contribution < -0.4 is 0 Å². The van der Waals surface area contributed by atoms with Gasteiger partial charge in [-0.15, -0.1) is 11.3 Å². The molecular weight excluding hydrogens is 284 g/mol. The Labute approximate surface area is 129 Å². The summed E-state index contributed by atoms with van der Waals surface area (Å²) in [5.74, 6) is 0. The molecule has 0 unspecified atom stereocenters. The Kier molecular flexibility index (Phi) is 4.87. The van der Waals surface area contributed by atoms with Gasteiger partial charge in [0.25, 0.3) is 0 Å². The molecule has 114 valence electrons. The van der Waals surface area contributed by atoms with Gasteiger partial charge in [-0.3, -0.25) is 9.80 Å². The predicted octanol–water partition coefficient (Wildman–Crippen LogP) is 1.37. The first-order valence-electron chi connectivity index (χ1n) is 7.45. The topological polar surface area (TPSA) is 46.9 Å². The summed E-state index contributed by atoms with van der Waals surface area (Å²) in [5, 5.41) is 22.0. The van der Waals surface area contributed by atoms with Gasteiger partial charge in [-0.1, -0.05) is 18.2 Å². The van der Waals surface area contributed by atoms with Crippen LogP contribution in [0.3, 0.4) is 0 Å². The molecule has 2 heterocycles. The summed E-state index contributed by atoms with van der Waals surface area (Å²) in [6.45, 7) is 5.37. The zero-order chi connectivity index (χ0) is 14.7. The minimum atomic E-state index is -0.614. The van der Waals surface area contributed by atoms with Gasteiger partial charge in [0.05, 0.1) is 12.7 Å². The first-order chi connectivity index (χ1) is 10.3. The van der Waals surface area contributed by atoms with E-state index >= 15 is 0 Å². The van der Waals surface area contributed by atoms with Crippen LogP contribution in [0.1, 0.15) is 5.56 Å². The quantitative estimate of drug-likeness (QED) is 0.876. The van der Waals surface area contributed by atoms with Crippen LogP contribution in [0.4, 0.5) is 0 Å². The molecule has 4 nitrogen and oxygen atoms in total. The van der Waals surface area contributed by atoms with E-state index in [0.29, 0.717) is 6.54 Å². The van der Waals surface area contributed by atoms with Gasteiger partial charge >= 0.3 is 0 Å². The number of aliphatic hydroxyl groups excluding tert-OH is 2. The van der Waals surface area contributed by atoms with E-state index in [1.54, 1.807) is 0 Å². The van der Waals surface area contributed by atoms with E-state index in [9.17, 15) is 5.11 Å². The fourth-order valence-corrected chi connectivity index (χ4v) is 3.84. The lowest BCUT2D eigenvalue weighted by Gasteiger charge is -2.35. The fraction of sp³-hybridized carbons (Fsp3) is 0.500. The van der Waals surface area contributed by atoms with Crippen molar-refractivity contribution < 1.29 is 10.2 Å². The molecule has 1 fully saturated rings. The summed E-state index contributed by atoms with van der Waals surface area (Å²) in [7, 11) is 0. The number of rotatable bonds is 5. The molecule has 1 atom stereocenters. The normalized spacial score (nSPS) is 19.1. The predicted molar refractivity (Wildman–Crippen MR) is 86.6 cm³/mol. The van der Waals surface area contributed by atoms with Gasteiger partial charge in [-0.05, 0) is 22.4 Å². The van der Waals surface area contributed by atoms with Crippen LogP contribution >= 0.6 is 11.3 Å². The molecule has 1 aromatic heterocycles. The highest BCUT2D eigenvalue weighted by Gasteiger charge is 2.19. The molecule has 1 aliphatic heterocycles. The number of thiophene rings is 1. The second-order valence-electron chi connectivity index (χ2n) is 5.67. The highest BCUT2D eigenvalue weighted by atomic mass is 32.1. The maximum absolute atomic E-state index is 9.50. The van der Waals surface area contributed by atoms with Crippen molar-refractivity contribution in [3.05, 3.63) is 35.2 Å². The van der Waals surface area contributed by atoms with E-state index in [0.717, 1.165) is 32.7 Å². The van der Waals surface area contributed by atoms with Crippen molar-refractivity contribution in [3.63, 3.8) is 0 Å². The molecular formula is C16H22N2O2S. The number of hydrogen-bond acceptors (Lipinski definition) is 5. The van der Waals surface area contributed by atoms with Crippen LogP contribution in [0.15, 0.2) is 29.6 Å². The van der Waals surface area contributed by atoms with Gasteiger partial charge in [0.2, 0.25) is 0 Å². The van der Waals surface area contributed by atoms with Gasteiger partial charge in [-0.2, -0.15) is 0 Å². The number of hydrogen-bond donors (Lipinski definition) is 2. The molecule has 1 aromatic carbocycles. The van der Waals surface area contributed by atoms with Crippen LogP contribution in [0.5, 0.6) is 0 Å². The van der Waals surface area contributed by atoms with Gasteiger partial charge < -0.3 is 10.2 Å². The van der Waals surface area contributed by atoms with E-state index in [-0.39, 0.29) is 6.61 Å². The maximum Gasteiger partial charge on any atom is 0.0897 e. The Hall–Kier alpha value is -0.980. The summed E-state index contributed by atoms with van der Waals surface area (Å²) >= 11 is 1.82. The zero-order valence-corrected chi connectivity index (χ0v) is 12.9. The number of fused-ring (bicyclic) bond motifs is 1. The van der Waals surface area contributed by atoms with Gasteiger partial charge in [0.15, 0.2) is 0 Å². The van der Waals surface area contributed by atoms with Crippen LogP contribution in [-0.4, -0.2) is 65.4 Å². The first-order valence-corrected chi connectivity index (χ1v) is 8.33. The Morgan fingerprint density at radius 2 is 1.81 bits per heavy atom. The van der Waals surface area contributed by atoms with Crippen molar-refractivity contribution in [2.24, 2.45) is 0 Å². The van der Waals surface area contributed by atoms with Crippen LogP contribution in [0.2, 0.25) is 0 Å². The lowest BCUT2D eigenvalue weighted by molar-refractivity contribution is 0.0384. The van der Waals surface area contributed by atoms with E-state index < -0.39 is 6.10 Å². The number of nitrogens with zero attached hydrogens (tertiary/aromatic N) is 2. The second kappa shape index (κ2) is 6.85. The highest BCUT2D eigenvalue weighted by Crippen LogP contribution is 2.26. The van der Waals surface area contributed by atoms with Crippen molar-refractivity contribution in [2.75, 3.05) is 39.3 Å². The van der Waals surface area contributed by atoms with E-state index in [4.69, 9.17) is 5.11 Å². The van der Waals surface area contributed by atoms with Crippen LogP contribution in [0, 0.1) is 0 Å². The highest BCUT2D eigenvalue weighted by molar-refractivity contribution is 7.17. The number of piperazine rings is 1. The molecule has 2 aromatic rings. The molecule has 0 amide bonds. The van der Waals surface area contributed by atoms with Crippen molar-refractivity contribution in [2.45, 2.75) is 12.6 Å². The third-order valence-corrected chi connectivity index (χ3v) is 5.11. The number of aliphatic hydroxyl groups is 2. The summed E-state index contributed by atoms with van der Waals surface area (Å²) in [6, 6.07) is 8.58. The summed E-state index contributed by atoms with van der Waals surface area (Å²) in [5.41, 5.74) is 1.42. The third-order valence-electron chi connectivity index (χ3n) is 4.10. The molecule has 5 heteroatoms. The average Bonchev–Trinajstić information content (AvgIpc) is 2.92. The molecule has 1 aliphatic rings. The Bertz CT molecular complexity index is 578. The molecule has 1 saturated heterocycles. The second-order valence-corrected chi connectivity index (χ2v) is 6.58. The molecule has 0 radical (unpaired) electrons. The largest absolute Gasteiger partial charge is 0.394 e. The molecule has 0 bridgehead atoms. The monoisotopic (exact) mass is 306 g/mol. The van der Waals surface area contributed by atoms with E-state index in [2.05, 4.69) is 39.4 Å². The molecule has 0 saturated carbocycles. The van der Waals surface area contributed by atoms with Crippen LogP contribution in [0.25, 0.3) is 10.1 Å². The average molecular weight is 306 g/mol. The van der Waals surface area contributed by atoms with Crippen molar-refractivity contribution in [3.8, 4) is 0 Å². The fourth-order valence-electron chi connectivity index (χ4n) is 2.88. The van der Waals surface area contributed by atoms with Gasteiger partial charge in [-0.25, -0.2) is 0 Å². The Balaban J connectivity index is 1.56. The molecule has 2 N–H and O–H groups in total. The first kappa shape index (κ1) is 14.9. The third kappa shape index (κ3) is 3.62. The number of benzene rings is 1. The van der Waals surface area contributed by atoms with Crippen molar-refractivity contribution in [1.29, 1.82) is 0 Å². The number of β-amino-alcohol motifs (C(OH)–C–C–N with tert-alkyl or cyclic N) is 1. The zero-order valence-electron chi connectivity index (χ0n) is 12.1. The van der Waals surface area contributed by atoms with E-state index in [1.165, 1.54) is 15.6 Å². The minimum Gasteiger partial charge on any atom is -0.394 e. The summed E-state index contributed by atoms with van der Waals surface area (Å²) in [4.78, 5) is 4.69. The van der Waals surface area contributed by atoms with E-state index in [1.807, 2.05) is 11.3 Å². The standard InChI is InChI=1S/C16H22N2O2S/c19-11-14(20)10-18-7-5-17(6-8-18)9-13-12-21-16-4-2-1-3-15(13)16/h1-4,12,14,19-20H,5-11H2/t14-/m1/s1. The lowest BCUT2D eigenvalue weighted by Crippen LogP contribution is -2.48. The lowest BCUT2D eigenvalue weighted by atomic mass is 10.1. The minimum absolute atomic E-state index is 0.152. The summed E-state index contributed by atoms with van der Waals surface area (Å²) in [6.07, 6.45) is -0.614. The van der Waals surface area contributed by atoms with Crippen LogP contribution in [-0.2, 0) is 6.54 Å². The smallest absolute Gasteiger partial charge is 0.0897 e. The van der Waals surface area contributed by atoms with Gasteiger partial charge in [0.1, 0.15) is 0 Å². The Morgan fingerprint density at radius 3 is 2.57 bits per heavy atom. The van der Waals surface area contributed by atoms with Crippen molar-refractivity contribution >= 4 is 21.4 Å². The van der Waals surface area contributed by atoms with Gasteiger partial charge in [0, 0.05) is 44.0 Å². The molecule has 21 heavy (non-hydrogen) atoms. The Morgan fingerprint density at radius 1 is 1.10 bits per heavy atom.